The number of benzene rings is 2. The van der Waals surface area contributed by atoms with Crippen LogP contribution in [0, 0.1) is 5.41 Å². The number of likely N-dealkylation sites (tertiary alicyclic amines) is 1. The number of rotatable bonds is 12. The summed E-state index contributed by atoms with van der Waals surface area (Å²) in [6.45, 7) is 2.02. The van der Waals surface area contributed by atoms with Gasteiger partial charge >= 0.3 is 0 Å². The lowest BCUT2D eigenvalue weighted by Gasteiger charge is -2.62. The fourth-order valence-corrected chi connectivity index (χ4v) is 9.98. The van der Waals surface area contributed by atoms with Crippen LogP contribution in [0.1, 0.15) is 78.5 Å². The minimum atomic E-state index is -1.01. The van der Waals surface area contributed by atoms with E-state index in [1.165, 1.54) is 17.5 Å². The number of carbonyl (C=O) groups excluding carboxylic acids is 5. The van der Waals surface area contributed by atoms with Gasteiger partial charge in [0.2, 0.25) is 23.6 Å². The maximum Gasteiger partial charge on any atom is 0.262 e. The number of ether oxygens (including phenoxy) is 2. The standard InChI is InChI=1S/C46H47N7O7/c1-50(29-18-32(19-29)60-41-13-7-28(23-48-41)27-6-9-33-36-24-47-15-14-37(36)51(2)39(33)17-27)30-21-46(22-30)25-52(26-46)42(55)5-3-4-16-59-31-8-10-34-35(20-31)45(58)53(44(34)57)38-11-12-40(54)49-43(38)56/h6-10,13-15,17,20,23-24,29-30,32,38H,3-5,11-12,16,18-19,21-22,25-26H2,1-2H3,(H,49,54,56)/t29-,32-,38?. The van der Waals surface area contributed by atoms with Gasteiger partial charge in [-0.15, -0.1) is 0 Å². The normalized spacial score (nSPS) is 22.2. The van der Waals surface area contributed by atoms with E-state index in [1.807, 2.05) is 35.6 Å². The molecule has 14 heteroatoms. The molecule has 1 spiro atoms. The van der Waals surface area contributed by atoms with Crippen LogP contribution in [0.15, 0.2) is 73.2 Å². The van der Waals surface area contributed by atoms with Crippen LogP contribution in [-0.4, -0.2) is 110 Å². The van der Waals surface area contributed by atoms with E-state index in [2.05, 4.69) is 63.1 Å². The average Bonchev–Trinajstić information content (AvgIpc) is 3.62. The number of hydrogen-bond acceptors (Lipinski definition) is 10. The zero-order chi connectivity index (χ0) is 41.3. The Morgan fingerprint density at radius 1 is 0.883 bits per heavy atom. The molecule has 0 bridgehead atoms. The molecular formula is C46H47N7O7. The van der Waals surface area contributed by atoms with Crippen molar-refractivity contribution in [3.8, 4) is 22.8 Å². The monoisotopic (exact) mass is 809 g/mol. The van der Waals surface area contributed by atoms with Crippen LogP contribution in [-0.2, 0) is 21.4 Å². The highest BCUT2D eigenvalue weighted by Crippen LogP contribution is 2.51. The number of nitrogens with one attached hydrogen (secondary N) is 1. The van der Waals surface area contributed by atoms with Crippen LogP contribution in [0.25, 0.3) is 32.9 Å². The second-order valence-corrected chi connectivity index (χ2v) is 17.4. The highest BCUT2D eigenvalue weighted by molar-refractivity contribution is 6.23. The second-order valence-electron chi connectivity index (χ2n) is 17.4. The molecule has 4 fully saturated rings. The van der Waals surface area contributed by atoms with Gasteiger partial charge in [0.25, 0.3) is 11.8 Å². The van der Waals surface area contributed by atoms with E-state index in [1.54, 1.807) is 6.07 Å². The molecule has 3 aliphatic heterocycles. The molecule has 0 radical (unpaired) electrons. The number of unbranched alkanes of at least 4 members (excludes halogenated alkanes) is 1. The lowest BCUT2D eigenvalue weighted by Crippen LogP contribution is -2.68. The van der Waals surface area contributed by atoms with E-state index in [0.29, 0.717) is 49.6 Å². The first-order valence-corrected chi connectivity index (χ1v) is 21.0. The zero-order valence-electron chi connectivity index (χ0n) is 33.8. The van der Waals surface area contributed by atoms with E-state index in [0.717, 1.165) is 71.2 Å². The van der Waals surface area contributed by atoms with Crippen LogP contribution >= 0.6 is 0 Å². The highest BCUT2D eigenvalue weighted by Gasteiger charge is 2.55. The molecule has 60 heavy (non-hydrogen) atoms. The molecule has 14 nitrogen and oxygen atoms in total. The molecule has 1 N–H and O–H groups in total. The summed E-state index contributed by atoms with van der Waals surface area (Å²) < 4.78 is 14.3. The molecule has 6 heterocycles. The van der Waals surface area contributed by atoms with Crippen molar-refractivity contribution in [2.75, 3.05) is 26.7 Å². The zero-order valence-corrected chi connectivity index (χ0v) is 33.8. The SMILES string of the molecule is Cn1c2ccncc2c2ccc(-c3ccc(O[C@H]4C[C@H](N(C)C5CC6(C5)CN(C(=O)CCCCOc5ccc7c(c5)C(=O)N(C5CCC(=O)NC5=O)C7=O)C6)C4)nc3)cc21. The van der Waals surface area contributed by atoms with Gasteiger partial charge in [0.15, 0.2) is 0 Å². The van der Waals surface area contributed by atoms with E-state index in [4.69, 9.17) is 9.47 Å². The molecule has 308 valence electrons. The summed E-state index contributed by atoms with van der Waals surface area (Å²) in [5.41, 5.74) is 5.14. The summed E-state index contributed by atoms with van der Waals surface area (Å²) in [6.07, 6.45) is 12.0. The van der Waals surface area contributed by atoms with Crippen LogP contribution in [0.3, 0.4) is 0 Å². The number of carbonyl (C=O) groups is 5. The number of fused-ring (bicyclic) bond motifs is 4. The van der Waals surface area contributed by atoms with E-state index in [9.17, 15) is 24.0 Å². The Kier molecular flexibility index (Phi) is 9.42. The third-order valence-electron chi connectivity index (χ3n) is 13.6. The quantitative estimate of drug-likeness (QED) is 0.130. The lowest BCUT2D eigenvalue weighted by molar-refractivity contribution is -0.160. The summed E-state index contributed by atoms with van der Waals surface area (Å²) in [5, 5.41) is 4.55. The summed E-state index contributed by atoms with van der Waals surface area (Å²) in [4.78, 5) is 77.3. The predicted octanol–water partition coefficient (Wildman–Crippen LogP) is 5.27. The number of piperidine rings is 1. The van der Waals surface area contributed by atoms with Crippen LogP contribution in [0.5, 0.6) is 11.6 Å². The van der Waals surface area contributed by atoms with Crippen molar-refractivity contribution in [1.82, 2.24) is 34.6 Å². The van der Waals surface area contributed by atoms with Gasteiger partial charge in [0, 0.05) is 110 Å². The topological polar surface area (TPSA) is 156 Å². The van der Waals surface area contributed by atoms with Crippen molar-refractivity contribution in [2.45, 2.75) is 82.0 Å². The lowest BCUT2D eigenvalue weighted by atomic mass is 9.59. The van der Waals surface area contributed by atoms with Crippen LogP contribution in [0.2, 0.25) is 0 Å². The molecule has 5 amide bonds. The van der Waals surface area contributed by atoms with Crippen LogP contribution in [0.4, 0.5) is 0 Å². The molecule has 1 atom stereocenters. The number of aryl methyl sites for hydroxylation is 1. The van der Waals surface area contributed by atoms with Crippen molar-refractivity contribution in [1.29, 1.82) is 0 Å². The Balaban J connectivity index is 0.620. The van der Waals surface area contributed by atoms with Gasteiger partial charge in [0.05, 0.1) is 23.3 Å². The van der Waals surface area contributed by atoms with Gasteiger partial charge in [0.1, 0.15) is 17.9 Å². The number of amides is 5. The number of aromatic nitrogens is 3. The molecule has 2 aliphatic carbocycles. The number of pyridine rings is 2. The van der Waals surface area contributed by atoms with Crippen molar-refractivity contribution in [3.63, 3.8) is 0 Å². The van der Waals surface area contributed by atoms with Crippen molar-refractivity contribution >= 4 is 51.3 Å². The molecule has 5 aliphatic rings. The summed E-state index contributed by atoms with van der Waals surface area (Å²) in [6, 6.07) is 17.3. The fourth-order valence-electron chi connectivity index (χ4n) is 9.98. The molecule has 1 unspecified atom stereocenters. The average molecular weight is 810 g/mol. The van der Waals surface area contributed by atoms with E-state index in [-0.39, 0.29) is 41.4 Å². The number of nitrogens with zero attached hydrogens (tertiary/aromatic N) is 6. The summed E-state index contributed by atoms with van der Waals surface area (Å²) in [7, 11) is 4.32. The number of hydrogen-bond donors (Lipinski definition) is 1. The van der Waals surface area contributed by atoms with Gasteiger partial charge in [-0.2, -0.15) is 0 Å². The van der Waals surface area contributed by atoms with Crippen LogP contribution < -0.4 is 14.8 Å². The van der Waals surface area contributed by atoms with Gasteiger partial charge in [-0.1, -0.05) is 12.1 Å². The first-order chi connectivity index (χ1) is 29.0. The molecule has 2 aromatic carbocycles. The summed E-state index contributed by atoms with van der Waals surface area (Å²) in [5.74, 6) is -0.893. The Morgan fingerprint density at radius 2 is 1.68 bits per heavy atom. The minimum absolute atomic E-state index is 0.0672. The maximum absolute atomic E-state index is 13.1. The van der Waals surface area contributed by atoms with Gasteiger partial charge in [-0.05, 0) is 81.1 Å². The molecule has 2 saturated carbocycles. The fraction of sp³-hybridized carbons (Fsp3) is 0.413. The second kappa shape index (κ2) is 14.8. The van der Waals surface area contributed by atoms with Gasteiger partial charge in [-0.3, -0.25) is 39.2 Å². The highest BCUT2D eigenvalue weighted by atomic mass is 16.5. The van der Waals surface area contributed by atoms with Crippen molar-refractivity contribution < 1.29 is 33.4 Å². The molecule has 10 rings (SSSR count). The molecule has 3 aromatic heterocycles. The first-order valence-electron chi connectivity index (χ1n) is 21.0. The third-order valence-corrected chi connectivity index (χ3v) is 13.6. The Morgan fingerprint density at radius 3 is 2.47 bits per heavy atom. The molecular weight excluding hydrogens is 763 g/mol. The number of imide groups is 2. The van der Waals surface area contributed by atoms with Crippen molar-refractivity contribution in [3.05, 3.63) is 84.3 Å². The van der Waals surface area contributed by atoms with E-state index < -0.39 is 29.7 Å². The minimum Gasteiger partial charge on any atom is -0.494 e. The first kappa shape index (κ1) is 38.1. The Labute approximate surface area is 346 Å². The predicted molar refractivity (Wildman–Crippen MR) is 221 cm³/mol. The third kappa shape index (κ3) is 6.66. The molecule has 2 saturated heterocycles. The Hall–Kier alpha value is -6.15. The largest absolute Gasteiger partial charge is 0.494 e. The smallest absolute Gasteiger partial charge is 0.262 e. The van der Waals surface area contributed by atoms with Gasteiger partial charge in [-0.25, -0.2) is 4.98 Å². The summed E-state index contributed by atoms with van der Waals surface area (Å²) >= 11 is 0. The van der Waals surface area contributed by atoms with E-state index >= 15 is 0 Å². The molecule has 5 aromatic rings. The van der Waals surface area contributed by atoms with Gasteiger partial charge < -0.3 is 23.8 Å². The van der Waals surface area contributed by atoms with Crippen molar-refractivity contribution in [2.24, 2.45) is 12.5 Å². The Bertz CT molecular complexity index is 2570. The maximum atomic E-state index is 13.1.